The van der Waals surface area contributed by atoms with E-state index in [1.807, 2.05) is 24.3 Å². The van der Waals surface area contributed by atoms with Crippen LogP contribution in [0.15, 0.2) is 57.3 Å². The lowest BCUT2D eigenvalue weighted by molar-refractivity contribution is 0.557. The Morgan fingerprint density at radius 3 is 2.35 bits per heavy atom. The summed E-state index contributed by atoms with van der Waals surface area (Å²) in [6.45, 7) is 5.60. The topological polar surface area (TPSA) is 113 Å². The molecule has 0 aliphatic carbocycles. The Hall–Kier alpha value is -2.69. The predicted octanol–water partition coefficient (Wildman–Crippen LogP) is 4.29. The van der Waals surface area contributed by atoms with Gasteiger partial charge in [-0.3, -0.25) is 9.36 Å². The summed E-state index contributed by atoms with van der Waals surface area (Å²) < 4.78 is 27.5. The molecule has 0 fully saturated rings. The molecule has 8 nitrogen and oxygen atoms in total. The number of thioether (sulfide) groups is 1. The second kappa shape index (κ2) is 10.3. The van der Waals surface area contributed by atoms with E-state index in [0.29, 0.717) is 33.9 Å². The zero-order valence-corrected chi connectivity index (χ0v) is 21.0. The summed E-state index contributed by atoms with van der Waals surface area (Å²) in [4.78, 5) is 22.7. The van der Waals surface area contributed by atoms with Crippen molar-refractivity contribution in [1.82, 2.24) is 19.1 Å². The second-order valence-corrected chi connectivity index (χ2v) is 10.7. The number of para-hydroxylation sites is 1. The lowest BCUT2D eigenvalue weighted by Gasteiger charge is -2.13. The lowest BCUT2D eigenvalue weighted by Crippen LogP contribution is -2.23. The Bertz CT molecular complexity index is 1490. The van der Waals surface area contributed by atoms with Gasteiger partial charge in [-0.1, -0.05) is 50.6 Å². The number of nitrogens with two attached hydrogens (primary N) is 1. The van der Waals surface area contributed by atoms with Crippen LogP contribution < -0.4 is 10.7 Å². The Morgan fingerprint density at radius 2 is 1.65 bits per heavy atom. The molecule has 0 radical (unpaired) electrons. The number of unbranched alkanes of at least 4 members (excludes halogenated alkanes) is 2. The smallest absolute Gasteiger partial charge is 0.262 e. The molecule has 0 bridgehead atoms. The van der Waals surface area contributed by atoms with Gasteiger partial charge in [0.15, 0.2) is 5.16 Å². The maximum Gasteiger partial charge on any atom is 0.262 e. The number of aryl methyl sites for hydroxylation is 1. The van der Waals surface area contributed by atoms with Crippen molar-refractivity contribution in [2.24, 2.45) is 5.14 Å². The zero-order chi connectivity index (χ0) is 24.3. The van der Waals surface area contributed by atoms with E-state index in [9.17, 15) is 13.2 Å². The summed E-state index contributed by atoms with van der Waals surface area (Å²) in [5.41, 5.74) is 2.11. The molecule has 0 saturated carbocycles. The van der Waals surface area contributed by atoms with Crippen molar-refractivity contribution in [3.8, 4) is 0 Å². The maximum absolute atomic E-state index is 13.2. The van der Waals surface area contributed by atoms with Crippen LogP contribution in [0.4, 0.5) is 0 Å². The molecule has 0 aliphatic heterocycles. The van der Waals surface area contributed by atoms with Gasteiger partial charge in [-0.25, -0.2) is 23.5 Å². The van der Waals surface area contributed by atoms with Crippen LogP contribution in [0, 0.1) is 0 Å². The average molecular weight is 500 g/mol. The van der Waals surface area contributed by atoms with E-state index in [4.69, 9.17) is 15.1 Å². The molecule has 0 spiro atoms. The van der Waals surface area contributed by atoms with Gasteiger partial charge >= 0.3 is 0 Å². The van der Waals surface area contributed by atoms with Crippen LogP contribution in [-0.2, 0) is 28.9 Å². The highest BCUT2D eigenvalue weighted by atomic mass is 32.2. The van der Waals surface area contributed by atoms with Crippen molar-refractivity contribution in [2.75, 3.05) is 0 Å². The number of benzene rings is 2. The molecule has 0 saturated heterocycles. The van der Waals surface area contributed by atoms with Gasteiger partial charge in [-0.2, -0.15) is 0 Å². The van der Waals surface area contributed by atoms with Crippen LogP contribution in [0.2, 0.25) is 0 Å². The predicted molar refractivity (Wildman–Crippen MR) is 136 cm³/mol. The summed E-state index contributed by atoms with van der Waals surface area (Å²) >= 11 is 1.48. The number of fused-ring (bicyclic) bond motifs is 2. The number of primary sulfonamides is 1. The number of hydrogen-bond donors (Lipinski definition) is 1. The third kappa shape index (κ3) is 5.03. The second-order valence-electron chi connectivity index (χ2n) is 8.24. The molecule has 2 heterocycles. The van der Waals surface area contributed by atoms with E-state index in [1.165, 1.54) is 23.9 Å². The van der Waals surface area contributed by atoms with E-state index in [2.05, 4.69) is 18.4 Å². The van der Waals surface area contributed by atoms with Crippen LogP contribution in [0.5, 0.6) is 0 Å². The highest BCUT2D eigenvalue weighted by Gasteiger charge is 2.17. The largest absolute Gasteiger partial charge is 0.327 e. The first-order valence-electron chi connectivity index (χ1n) is 11.5. The van der Waals surface area contributed by atoms with Crippen LogP contribution in [-0.4, -0.2) is 27.5 Å². The number of hydrogen-bond acceptors (Lipinski definition) is 6. The minimum absolute atomic E-state index is 0.0289. The molecule has 2 N–H and O–H groups in total. The highest BCUT2D eigenvalue weighted by Crippen LogP contribution is 2.26. The quantitative estimate of drug-likeness (QED) is 0.257. The highest BCUT2D eigenvalue weighted by molar-refractivity contribution is 7.98. The van der Waals surface area contributed by atoms with Crippen molar-refractivity contribution in [3.63, 3.8) is 0 Å². The third-order valence-corrected chi connectivity index (χ3v) is 7.64. The summed E-state index contributed by atoms with van der Waals surface area (Å²) in [7, 11) is -3.81. The number of nitrogens with zero attached hydrogens (tertiary/aromatic N) is 4. The molecule has 2 aromatic heterocycles. The van der Waals surface area contributed by atoms with Crippen LogP contribution in [0.1, 0.15) is 45.4 Å². The van der Waals surface area contributed by atoms with Gasteiger partial charge < -0.3 is 4.57 Å². The van der Waals surface area contributed by atoms with Crippen LogP contribution in [0.25, 0.3) is 21.9 Å². The van der Waals surface area contributed by atoms with Gasteiger partial charge in [-0.05, 0) is 43.2 Å². The molecule has 34 heavy (non-hydrogen) atoms. The summed E-state index contributed by atoms with van der Waals surface area (Å²) in [5.74, 6) is 1.31. The maximum atomic E-state index is 13.2. The molecule has 0 unspecified atom stereocenters. The van der Waals surface area contributed by atoms with Crippen LogP contribution in [0.3, 0.4) is 0 Å². The van der Waals surface area contributed by atoms with Crippen molar-refractivity contribution in [1.29, 1.82) is 0 Å². The first kappa shape index (κ1) is 24.4. The SMILES string of the molecule is CCCCn1c(SCc2nc3cc(S(N)(=O)=O)ccc3n2CCCC)nc2ccccc2c1=O. The molecule has 4 aromatic rings. The summed E-state index contributed by atoms with van der Waals surface area (Å²) in [5, 5.41) is 6.60. The molecule has 4 rings (SSSR count). The Kier molecular flexibility index (Phi) is 7.39. The first-order chi connectivity index (χ1) is 16.3. The first-order valence-corrected chi connectivity index (χ1v) is 14.0. The normalized spacial score (nSPS) is 12.1. The molecular weight excluding hydrogens is 470 g/mol. The average Bonchev–Trinajstić information content (AvgIpc) is 3.17. The molecule has 180 valence electrons. The number of rotatable bonds is 10. The number of aromatic nitrogens is 4. The summed E-state index contributed by atoms with van der Waals surface area (Å²) in [6, 6.07) is 12.2. The molecule has 10 heteroatoms. The van der Waals surface area contributed by atoms with E-state index < -0.39 is 10.0 Å². The van der Waals surface area contributed by atoms with Gasteiger partial charge in [-0.15, -0.1) is 0 Å². The number of sulfonamides is 1. The minimum Gasteiger partial charge on any atom is -0.327 e. The van der Waals surface area contributed by atoms with Gasteiger partial charge in [0.2, 0.25) is 10.0 Å². The molecule has 0 amide bonds. The molecule has 0 atom stereocenters. The van der Waals surface area contributed by atoms with Gasteiger partial charge in [0.1, 0.15) is 5.82 Å². The van der Waals surface area contributed by atoms with E-state index in [0.717, 1.165) is 43.6 Å². The summed E-state index contributed by atoms with van der Waals surface area (Å²) in [6.07, 6.45) is 3.85. The van der Waals surface area contributed by atoms with Crippen molar-refractivity contribution in [3.05, 3.63) is 58.6 Å². The standard InChI is InChI=1S/C24H29N5O3S2/c1-3-5-13-28-21-12-11-17(34(25,31)32)15-20(21)26-22(28)16-33-24-27-19-10-8-7-9-18(19)23(30)29(24)14-6-4-2/h7-12,15H,3-6,13-14,16H2,1-2H3,(H2,25,31,32). The zero-order valence-electron chi connectivity index (χ0n) is 19.4. The van der Waals surface area contributed by atoms with Gasteiger partial charge in [0.25, 0.3) is 5.56 Å². The van der Waals surface area contributed by atoms with E-state index in [-0.39, 0.29) is 10.5 Å². The Morgan fingerprint density at radius 1 is 0.941 bits per heavy atom. The van der Waals surface area contributed by atoms with Crippen molar-refractivity contribution >= 4 is 43.7 Å². The molecule has 2 aromatic carbocycles. The van der Waals surface area contributed by atoms with Crippen LogP contribution >= 0.6 is 11.8 Å². The lowest BCUT2D eigenvalue weighted by atomic mass is 10.2. The van der Waals surface area contributed by atoms with Crippen molar-refractivity contribution < 1.29 is 8.42 Å². The fourth-order valence-electron chi connectivity index (χ4n) is 3.91. The van der Waals surface area contributed by atoms with Crippen molar-refractivity contribution in [2.45, 2.75) is 68.4 Å². The van der Waals surface area contributed by atoms with E-state index >= 15 is 0 Å². The van der Waals surface area contributed by atoms with Gasteiger partial charge in [0, 0.05) is 13.1 Å². The molecule has 0 aliphatic rings. The van der Waals surface area contributed by atoms with Gasteiger partial charge in [0.05, 0.1) is 32.6 Å². The monoisotopic (exact) mass is 499 g/mol. The fourth-order valence-corrected chi connectivity index (χ4v) is 5.42. The number of imidazole rings is 1. The third-order valence-electron chi connectivity index (χ3n) is 5.75. The van der Waals surface area contributed by atoms with E-state index in [1.54, 1.807) is 10.6 Å². The molecular formula is C24H29N5O3S2. The fraction of sp³-hybridized carbons (Fsp3) is 0.375. The Balaban J connectivity index is 1.74. The minimum atomic E-state index is -3.81. The Labute approximate surface area is 203 Å².